The lowest BCUT2D eigenvalue weighted by Crippen LogP contribution is -2.23. The third-order valence-corrected chi connectivity index (χ3v) is 2.75. The molecule has 1 rings (SSSR count). The summed E-state index contributed by atoms with van der Waals surface area (Å²) in [5.41, 5.74) is 0.805. The van der Waals surface area contributed by atoms with E-state index in [1.54, 1.807) is 19.2 Å². The number of halogens is 2. The third-order valence-electron chi connectivity index (χ3n) is 2.46. The third kappa shape index (κ3) is 3.03. The van der Waals surface area contributed by atoms with Gasteiger partial charge in [0.2, 0.25) is 0 Å². The molecule has 0 aromatic heterocycles. The summed E-state index contributed by atoms with van der Waals surface area (Å²) in [5, 5.41) is 7.91. The van der Waals surface area contributed by atoms with E-state index in [9.17, 15) is 4.39 Å². The zero-order valence-electron chi connectivity index (χ0n) is 9.39. The molecule has 88 valence electrons. The molecule has 1 aromatic rings. The summed E-state index contributed by atoms with van der Waals surface area (Å²) in [4.78, 5) is 0. The molecule has 1 aromatic carbocycles. The Hall–Kier alpha value is -0.930. The van der Waals surface area contributed by atoms with Crippen molar-refractivity contribution in [2.45, 2.75) is 25.9 Å². The number of nitrogens with one attached hydrogen (secondary N) is 1. The highest BCUT2D eigenvalue weighted by molar-refractivity contribution is 6.30. The molecule has 0 saturated heterocycles. The highest BCUT2D eigenvalue weighted by Crippen LogP contribution is 2.19. The van der Waals surface area contributed by atoms with Crippen molar-refractivity contribution in [2.24, 2.45) is 0 Å². The second kappa shape index (κ2) is 5.97. The minimum absolute atomic E-state index is 0.0933. The van der Waals surface area contributed by atoms with E-state index in [2.05, 4.69) is 0 Å². The lowest BCUT2D eigenvalue weighted by atomic mass is 10.0. The summed E-state index contributed by atoms with van der Waals surface area (Å²) in [6.07, 6.45) is 0.689. The molecule has 2 nitrogen and oxygen atoms in total. The molecule has 0 aliphatic heterocycles. The van der Waals surface area contributed by atoms with E-state index in [0.29, 0.717) is 17.7 Å². The number of benzene rings is 1. The average molecular weight is 244 g/mol. The Morgan fingerprint density at radius 2 is 2.25 bits per heavy atom. The van der Waals surface area contributed by atoms with Gasteiger partial charge in [-0.05, 0) is 18.1 Å². The van der Waals surface area contributed by atoms with Gasteiger partial charge in [-0.15, -0.1) is 0 Å². The molecule has 0 aliphatic rings. The Bertz CT molecular complexity index is 377. The Morgan fingerprint density at radius 3 is 2.81 bits per heavy atom. The van der Waals surface area contributed by atoms with E-state index in [1.807, 2.05) is 6.92 Å². The lowest BCUT2D eigenvalue weighted by Gasteiger charge is -2.14. The Labute approximate surface area is 99.9 Å². The summed E-state index contributed by atoms with van der Waals surface area (Å²) in [7, 11) is 1.55. The molecule has 0 amide bonds. The van der Waals surface area contributed by atoms with Crippen LogP contribution in [0.1, 0.15) is 18.9 Å². The van der Waals surface area contributed by atoms with Crippen molar-refractivity contribution < 1.29 is 9.13 Å². The van der Waals surface area contributed by atoms with E-state index in [0.717, 1.165) is 0 Å². The van der Waals surface area contributed by atoms with Gasteiger partial charge in [0.15, 0.2) is 0 Å². The summed E-state index contributed by atoms with van der Waals surface area (Å²) >= 11 is 5.67. The van der Waals surface area contributed by atoms with Crippen LogP contribution in [-0.4, -0.2) is 18.9 Å². The van der Waals surface area contributed by atoms with Crippen molar-refractivity contribution in [3.05, 3.63) is 34.6 Å². The van der Waals surface area contributed by atoms with Gasteiger partial charge in [-0.1, -0.05) is 30.7 Å². The van der Waals surface area contributed by atoms with Gasteiger partial charge >= 0.3 is 0 Å². The molecule has 0 spiro atoms. The van der Waals surface area contributed by atoms with Gasteiger partial charge in [-0.2, -0.15) is 0 Å². The maximum atomic E-state index is 13.6. The topological polar surface area (TPSA) is 33.1 Å². The quantitative estimate of drug-likeness (QED) is 0.790. The van der Waals surface area contributed by atoms with Gasteiger partial charge in [0, 0.05) is 19.2 Å². The van der Waals surface area contributed by atoms with Crippen molar-refractivity contribution in [1.29, 1.82) is 5.41 Å². The van der Waals surface area contributed by atoms with E-state index in [-0.39, 0.29) is 17.5 Å². The minimum Gasteiger partial charge on any atom is -0.376 e. The molecule has 0 aliphatic carbocycles. The summed E-state index contributed by atoms with van der Waals surface area (Å²) in [6.45, 7) is 1.93. The Balaban J connectivity index is 2.80. The number of ether oxygens (including phenoxy) is 1. The highest BCUT2D eigenvalue weighted by Gasteiger charge is 2.14. The Kier molecular flexibility index (Phi) is 4.90. The normalized spacial score (nSPS) is 12.5. The monoisotopic (exact) mass is 243 g/mol. The first-order valence-electron chi connectivity index (χ1n) is 5.13. The molecule has 0 heterocycles. The van der Waals surface area contributed by atoms with Gasteiger partial charge in [0.1, 0.15) is 5.82 Å². The second-order valence-corrected chi connectivity index (χ2v) is 3.95. The van der Waals surface area contributed by atoms with E-state index < -0.39 is 5.82 Å². The zero-order chi connectivity index (χ0) is 12.1. The predicted molar refractivity (Wildman–Crippen MR) is 63.9 cm³/mol. The van der Waals surface area contributed by atoms with Gasteiger partial charge in [0.25, 0.3) is 0 Å². The number of methoxy groups -OCH3 is 1. The van der Waals surface area contributed by atoms with Crippen molar-refractivity contribution in [3.8, 4) is 0 Å². The van der Waals surface area contributed by atoms with Crippen molar-refractivity contribution in [3.63, 3.8) is 0 Å². The van der Waals surface area contributed by atoms with Gasteiger partial charge < -0.3 is 10.1 Å². The number of rotatable bonds is 5. The molecule has 16 heavy (non-hydrogen) atoms. The lowest BCUT2D eigenvalue weighted by molar-refractivity contribution is 0.150. The van der Waals surface area contributed by atoms with Crippen LogP contribution in [0.5, 0.6) is 0 Å². The molecule has 0 fully saturated rings. The largest absolute Gasteiger partial charge is 0.376 e. The fourth-order valence-corrected chi connectivity index (χ4v) is 1.75. The summed E-state index contributed by atoms with van der Waals surface area (Å²) in [5.74, 6) is -0.445. The smallest absolute Gasteiger partial charge is 0.145 e. The zero-order valence-corrected chi connectivity index (χ0v) is 10.1. The first-order chi connectivity index (χ1) is 7.60. The molecule has 0 radical (unpaired) electrons. The highest BCUT2D eigenvalue weighted by atomic mass is 35.5. The average Bonchev–Trinajstić information content (AvgIpc) is 2.26. The number of hydrogen-bond acceptors (Lipinski definition) is 2. The van der Waals surface area contributed by atoms with Crippen molar-refractivity contribution >= 4 is 17.3 Å². The van der Waals surface area contributed by atoms with Crippen LogP contribution in [0.25, 0.3) is 0 Å². The summed E-state index contributed by atoms with van der Waals surface area (Å²) in [6, 6.07) is 4.82. The van der Waals surface area contributed by atoms with Crippen LogP contribution < -0.4 is 0 Å². The fraction of sp³-hybridized carbons (Fsp3) is 0.417. The van der Waals surface area contributed by atoms with Crippen LogP contribution in [0, 0.1) is 11.2 Å². The fourth-order valence-electron chi connectivity index (χ4n) is 1.56. The van der Waals surface area contributed by atoms with E-state index >= 15 is 0 Å². The second-order valence-electron chi connectivity index (χ2n) is 3.55. The van der Waals surface area contributed by atoms with Gasteiger partial charge in [-0.25, -0.2) is 4.39 Å². The molecule has 0 bridgehead atoms. The van der Waals surface area contributed by atoms with E-state index in [1.165, 1.54) is 6.07 Å². The molecular weight excluding hydrogens is 229 g/mol. The van der Waals surface area contributed by atoms with Crippen LogP contribution in [0.2, 0.25) is 5.02 Å². The van der Waals surface area contributed by atoms with Gasteiger partial charge in [0.05, 0.1) is 11.1 Å². The predicted octanol–water partition coefficient (Wildman–Crippen LogP) is 3.47. The van der Waals surface area contributed by atoms with Gasteiger partial charge in [-0.3, -0.25) is 0 Å². The minimum atomic E-state index is -0.445. The Morgan fingerprint density at radius 1 is 1.56 bits per heavy atom. The maximum Gasteiger partial charge on any atom is 0.145 e. The van der Waals surface area contributed by atoms with Crippen LogP contribution in [-0.2, 0) is 11.2 Å². The molecule has 1 unspecified atom stereocenters. The summed E-state index contributed by atoms with van der Waals surface area (Å²) < 4.78 is 18.7. The molecule has 1 atom stereocenters. The molecular formula is C12H15ClFNO. The first kappa shape index (κ1) is 13.1. The maximum absolute atomic E-state index is 13.6. The first-order valence-corrected chi connectivity index (χ1v) is 5.51. The van der Waals surface area contributed by atoms with Crippen molar-refractivity contribution in [2.75, 3.05) is 7.11 Å². The van der Waals surface area contributed by atoms with Crippen LogP contribution in [0.15, 0.2) is 18.2 Å². The van der Waals surface area contributed by atoms with Crippen molar-refractivity contribution in [1.82, 2.24) is 0 Å². The molecule has 1 N–H and O–H groups in total. The molecule has 0 saturated carbocycles. The van der Waals surface area contributed by atoms with Crippen LogP contribution in [0.3, 0.4) is 0 Å². The standard InChI is InChI=1S/C12H15ClFNO/c1-3-11(16-2)10(15)7-8-5-4-6-9(13)12(8)14/h4-6,11,15H,3,7H2,1-2H3. The van der Waals surface area contributed by atoms with E-state index in [4.69, 9.17) is 21.7 Å². The SMILES string of the molecule is CCC(OC)C(=N)Cc1cccc(Cl)c1F. The number of hydrogen-bond donors (Lipinski definition) is 1. The van der Waals surface area contributed by atoms with Crippen LogP contribution in [0.4, 0.5) is 4.39 Å². The molecule has 4 heteroatoms. The van der Waals surface area contributed by atoms with Crippen LogP contribution >= 0.6 is 11.6 Å².